The first-order chi connectivity index (χ1) is 8.85. The molecule has 3 heteroatoms. The first kappa shape index (κ1) is 15.3. The number of hydrogen-bond donors (Lipinski definition) is 1. The van der Waals surface area contributed by atoms with Crippen LogP contribution in [0.15, 0.2) is 0 Å². The third-order valence-electron chi connectivity index (χ3n) is 5.56. The number of nitrogens with one attached hydrogen (secondary N) is 1. The van der Waals surface area contributed by atoms with Gasteiger partial charge in [-0.3, -0.25) is 9.80 Å². The van der Waals surface area contributed by atoms with E-state index in [0.29, 0.717) is 17.6 Å². The maximum atomic E-state index is 3.60. The largest absolute Gasteiger partial charge is 0.315 e. The van der Waals surface area contributed by atoms with Crippen molar-refractivity contribution in [2.24, 2.45) is 11.8 Å². The molecule has 0 aromatic heterocycles. The van der Waals surface area contributed by atoms with E-state index in [0.717, 1.165) is 11.8 Å². The summed E-state index contributed by atoms with van der Waals surface area (Å²) in [6.45, 7) is 13.2. The highest BCUT2D eigenvalue weighted by atomic mass is 15.3. The first-order valence-corrected chi connectivity index (χ1v) is 7.97. The van der Waals surface area contributed by atoms with Crippen molar-refractivity contribution < 1.29 is 0 Å². The molecule has 1 saturated carbocycles. The van der Waals surface area contributed by atoms with Crippen molar-refractivity contribution in [2.75, 3.05) is 33.7 Å². The van der Waals surface area contributed by atoms with Crippen LogP contribution in [-0.4, -0.2) is 61.2 Å². The van der Waals surface area contributed by atoms with Crippen LogP contribution in [0.5, 0.6) is 0 Å². The van der Waals surface area contributed by atoms with Crippen molar-refractivity contribution >= 4 is 0 Å². The molecule has 2 fully saturated rings. The molecule has 1 saturated heterocycles. The van der Waals surface area contributed by atoms with Crippen LogP contribution in [0.1, 0.15) is 40.5 Å². The van der Waals surface area contributed by atoms with E-state index >= 15 is 0 Å². The third kappa shape index (κ3) is 3.14. The predicted molar refractivity (Wildman–Crippen MR) is 82.5 cm³/mol. The molecule has 0 spiro atoms. The number of hydrogen-bond acceptors (Lipinski definition) is 3. The predicted octanol–water partition coefficient (Wildman–Crippen LogP) is 2.03. The van der Waals surface area contributed by atoms with Crippen LogP contribution in [-0.2, 0) is 0 Å². The summed E-state index contributed by atoms with van der Waals surface area (Å²) in [5, 5.41) is 3.60. The fraction of sp³-hybridized carbons (Fsp3) is 1.00. The highest BCUT2D eigenvalue weighted by Gasteiger charge is 2.41. The van der Waals surface area contributed by atoms with Gasteiger partial charge in [-0.05, 0) is 52.6 Å². The molecule has 0 radical (unpaired) electrons. The standard InChI is InChI=1S/C16H33N3/c1-12-9-13(2)15(14(10-12)17-5)19-8-7-18(6)16(3,4)11-19/h12-15,17H,7-11H2,1-6H3. The zero-order valence-electron chi connectivity index (χ0n) is 13.7. The van der Waals surface area contributed by atoms with Crippen LogP contribution in [0.3, 0.4) is 0 Å². The van der Waals surface area contributed by atoms with E-state index in [1.54, 1.807) is 0 Å². The summed E-state index contributed by atoms with van der Waals surface area (Å²) < 4.78 is 0. The lowest BCUT2D eigenvalue weighted by Gasteiger charge is -2.52. The van der Waals surface area contributed by atoms with Gasteiger partial charge >= 0.3 is 0 Å². The quantitative estimate of drug-likeness (QED) is 0.826. The lowest BCUT2D eigenvalue weighted by molar-refractivity contribution is -0.0224. The molecule has 19 heavy (non-hydrogen) atoms. The van der Waals surface area contributed by atoms with Crippen molar-refractivity contribution in [1.82, 2.24) is 15.1 Å². The fourth-order valence-electron chi connectivity index (χ4n) is 4.28. The number of likely N-dealkylation sites (N-methyl/N-ethyl adjacent to an activating group) is 2. The van der Waals surface area contributed by atoms with E-state index in [9.17, 15) is 0 Å². The van der Waals surface area contributed by atoms with Crippen molar-refractivity contribution in [1.29, 1.82) is 0 Å². The molecule has 1 N–H and O–H groups in total. The Labute approximate surface area is 119 Å². The Balaban J connectivity index is 2.11. The third-order valence-corrected chi connectivity index (χ3v) is 5.56. The molecule has 0 bridgehead atoms. The molecule has 2 aliphatic rings. The second-order valence-electron chi connectivity index (χ2n) is 7.64. The van der Waals surface area contributed by atoms with Gasteiger partial charge in [0.2, 0.25) is 0 Å². The van der Waals surface area contributed by atoms with E-state index in [2.05, 4.69) is 56.9 Å². The topological polar surface area (TPSA) is 18.5 Å². The molecule has 1 aliphatic carbocycles. The zero-order chi connectivity index (χ0) is 14.2. The van der Waals surface area contributed by atoms with Crippen molar-refractivity contribution in [3.05, 3.63) is 0 Å². The second-order valence-corrected chi connectivity index (χ2v) is 7.64. The second kappa shape index (κ2) is 5.71. The lowest BCUT2D eigenvalue weighted by atomic mass is 9.75. The number of piperazine rings is 1. The smallest absolute Gasteiger partial charge is 0.0277 e. The van der Waals surface area contributed by atoms with Gasteiger partial charge in [-0.1, -0.05) is 13.8 Å². The van der Waals surface area contributed by atoms with Gasteiger partial charge in [0.05, 0.1) is 0 Å². The minimum Gasteiger partial charge on any atom is -0.315 e. The fourth-order valence-corrected chi connectivity index (χ4v) is 4.28. The molecular weight excluding hydrogens is 234 g/mol. The summed E-state index contributed by atoms with van der Waals surface area (Å²) in [6.07, 6.45) is 2.72. The first-order valence-electron chi connectivity index (χ1n) is 7.97. The van der Waals surface area contributed by atoms with Crippen LogP contribution in [0.2, 0.25) is 0 Å². The summed E-state index contributed by atoms with van der Waals surface area (Å²) in [6, 6.07) is 1.38. The molecule has 1 aliphatic heterocycles. The molecule has 112 valence electrons. The van der Waals surface area contributed by atoms with Gasteiger partial charge in [-0.25, -0.2) is 0 Å². The molecule has 0 aromatic rings. The molecule has 4 atom stereocenters. The summed E-state index contributed by atoms with van der Waals surface area (Å²) in [7, 11) is 4.41. The highest BCUT2D eigenvalue weighted by molar-refractivity contribution is 4.98. The van der Waals surface area contributed by atoms with Gasteiger partial charge in [0.1, 0.15) is 0 Å². The highest BCUT2D eigenvalue weighted by Crippen LogP contribution is 2.34. The van der Waals surface area contributed by atoms with Gasteiger partial charge in [0, 0.05) is 37.3 Å². The molecule has 4 unspecified atom stereocenters. The van der Waals surface area contributed by atoms with Gasteiger partial charge in [0.15, 0.2) is 0 Å². The van der Waals surface area contributed by atoms with Crippen LogP contribution in [0.4, 0.5) is 0 Å². The van der Waals surface area contributed by atoms with Crippen molar-refractivity contribution in [3.63, 3.8) is 0 Å². The van der Waals surface area contributed by atoms with Crippen LogP contribution in [0, 0.1) is 11.8 Å². The summed E-state index contributed by atoms with van der Waals surface area (Å²) in [5.41, 5.74) is 0.305. The molecule has 3 nitrogen and oxygen atoms in total. The van der Waals surface area contributed by atoms with E-state index in [-0.39, 0.29) is 0 Å². The van der Waals surface area contributed by atoms with Gasteiger partial charge in [-0.15, -0.1) is 0 Å². The normalized spacial score (nSPS) is 41.4. The average Bonchev–Trinajstić information content (AvgIpc) is 2.31. The Kier molecular flexibility index (Phi) is 4.59. The Morgan fingerprint density at radius 3 is 2.37 bits per heavy atom. The summed E-state index contributed by atoms with van der Waals surface area (Å²) in [4.78, 5) is 5.27. The molecule has 0 aromatic carbocycles. The summed E-state index contributed by atoms with van der Waals surface area (Å²) >= 11 is 0. The number of nitrogens with zero attached hydrogens (tertiary/aromatic N) is 2. The number of rotatable bonds is 2. The van der Waals surface area contributed by atoms with Crippen LogP contribution < -0.4 is 5.32 Å². The van der Waals surface area contributed by atoms with Crippen molar-refractivity contribution in [2.45, 2.75) is 58.2 Å². The molecule has 1 heterocycles. The van der Waals surface area contributed by atoms with Gasteiger partial charge in [-0.2, -0.15) is 0 Å². The van der Waals surface area contributed by atoms with Gasteiger partial charge < -0.3 is 5.32 Å². The van der Waals surface area contributed by atoms with E-state index in [4.69, 9.17) is 0 Å². The monoisotopic (exact) mass is 267 g/mol. The van der Waals surface area contributed by atoms with Gasteiger partial charge in [0.25, 0.3) is 0 Å². The van der Waals surface area contributed by atoms with Crippen molar-refractivity contribution in [3.8, 4) is 0 Å². The molecule has 0 amide bonds. The Morgan fingerprint density at radius 1 is 1.11 bits per heavy atom. The van der Waals surface area contributed by atoms with E-state index < -0.39 is 0 Å². The average molecular weight is 267 g/mol. The zero-order valence-corrected chi connectivity index (χ0v) is 13.7. The minimum absolute atomic E-state index is 0.305. The Hall–Kier alpha value is -0.120. The van der Waals surface area contributed by atoms with Crippen LogP contribution in [0.25, 0.3) is 0 Å². The Bertz CT molecular complexity index is 302. The Morgan fingerprint density at radius 2 is 1.79 bits per heavy atom. The van der Waals surface area contributed by atoms with E-state index in [1.165, 1.54) is 32.5 Å². The SMILES string of the molecule is CNC1CC(C)CC(C)C1N1CCN(C)C(C)(C)C1. The summed E-state index contributed by atoms with van der Waals surface area (Å²) in [5.74, 6) is 1.67. The maximum Gasteiger partial charge on any atom is 0.0277 e. The molecule has 2 rings (SSSR count). The van der Waals surface area contributed by atoms with E-state index in [1.807, 2.05) is 0 Å². The minimum atomic E-state index is 0.305. The van der Waals surface area contributed by atoms with Crippen LogP contribution >= 0.6 is 0 Å². The lowest BCUT2D eigenvalue weighted by Crippen LogP contribution is -2.65. The molecular formula is C16H33N3. The maximum absolute atomic E-state index is 3.60.